The van der Waals surface area contributed by atoms with Crippen LogP contribution in [-0.4, -0.2) is 12.0 Å². The number of nitrogens with one attached hydrogen (secondary N) is 1. The van der Waals surface area contributed by atoms with Gasteiger partial charge in [0.25, 0.3) is 0 Å². The van der Waals surface area contributed by atoms with Crippen LogP contribution in [0.25, 0.3) is 0 Å². The molecule has 2 nitrogen and oxygen atoms in total. The Balaban J connectivity index is 2.27. The van der Waals surface area contributed by atoms with Gasteiger partial charge in [0.1, 0.15) is 5.82 Å². The van der Waals surface area contributed by atoms with Crippen molar-refractivity contribution in [3.05, 3.63) is 63.6 Å². The summed E-state index contributed by atoms with van der Waals surface area (Å²) in [6, 6.07) is 6.27. The second kappa shape index (κ2) is 6.33. The Bertz CT molecular complexity index is 575. The van der Waals surface area contributed by atoms with Gasteiger partial charge in [0.05, 0.1) is 5.02 Å². The van der Waals surface area contributed by atoms with Crippen LogP contribution < -0.4 is 5.32 Å². The van der Waals surface area contributed by atoms with Crippen molar-refractivity contribution in [1.82, 2.24) is 10.3 Å². The maximum absolute atomic E-state index is 13.0. The lowest BCUT2D eigenvalue weighted by molar-refractivity contribution is 0.588. The summed E-state index contributed by atoms with van der Waals surface area (Å²) in [5.41, 5.74) is 1.81. The molecule has 0 saturated carbocycles. The first-order chi connectivity index (χ1) is 9.11. The molecule has 0 aliphatic carbocycles. The Hall–Kier alpha value is -1.16. The van der Waals surface area contributed by atoms with Gasteiger partial charge < -0.3 is 5.32 Å². The lowest BCUT2D eigenvalue weighted by Crippen LogP contribution is -2.19. The van der Waals surface area contributed by atoms with Crippen LogP contribution in [-0.2, 0) is 6.42 Å². The minimum absolute atomic E-state index is 0.00142. The van der Waals surface area contributed by atoms with Gasteiger partial charge >= 0.3 is 0 Å². The third-order valence-corrected chi connectivity index (χ3v) is 3.63. The molecule has 2 aromatic rings. The molecular weight excluding hydrogens is 286 g/mol. The molecule has 0 radical (unpaired) electrons. The lowest BCUT2D eigenvalue weighted by atomic mass is 10.00. The van der Waals surface area contributed by atoms with Crippen molar-refractivity contribution in [2.24, 2.45) is 0 Å². The van der Waals surface area contributed by atoms with Crippen molar-refractivity contribution in [2.75, 3.05) is 7.05 Å². The van der Waals surface area contributed by atoms with Gasteiger partial charge in [-0.25, -0.2) is 4.39 Å². The van der Waals surface area contributed by atoms with Crippen LogP contribution in [0.5, 0.6) is 0 Å². The first-order valence-corrected chi connectivity index (χ1v) is 6.58. The molecule has 1 unspecified atom stereocenters. The second-order valence-corrected chi connectivity index (χ2v) is 4.99. The molecule has 2 rings (SSSR count). The third-order valence-electron chi connectivity index (χ3n) is 2.97. The van der Waals surface area contributed by atoms with Crippen LogP contribution in [0.4, 0.5) is 4.39 Å². The fourth-order valence-electron chi connectivity index (χ4n) is 1.94. The lowest BCUT2D eigenvalue weighted by Gasteiger charge is -2.18. The summed E-state index contributed by atoms with van der Waals surface area (Å²) in [6.07, 6.45) is 3.92. The zero-order chi connectivity index (χ0) is 13.8. The fourth-order valence-corrected chi connectivity index (χ4v) is 2.44. The molecule has 100 valence electrons. The number of hydrogen-bond acceptors (Lipinski definition) is 2. The Morgan fingerprint density at radius 2 is 2.05 bits per heavy atom. The molecule has 19 heavy (non-hydrogen) atoms. The largest absolute Gasteiger partial charge is 0.313 e. The van der Waals surface area contributed by atoms with Crippen LogP contribution in [0.3, 0.4) is 0 Å². The number of pyridine rings is 1. The molecule has 1 heterocycles. The predicted octanol–water partition coefficient (Wildman–Crippen LogP) is 4.03. The average Bonchev–Trinajstić information content (AvgIpc) is 2.39. The molecule has 0 spiro atoms. The van der Waals surface area contributed by atoms with Gasteiger partial charge in [-0.05, 0) is 42.8 Å². The molecule has 0 aliphatic heterocycles. The first kappa shape index (κ1) is 14.3. The number of aromatic nitrogens is 1. The highest BCUT2D eigenvalue weighted by molar-refractivity contribution is 6.31. The van der Waals surface area contributed by atoms with Gasteiger partial charge in [-0.15, -0.1) is 0 Å². The Kier molecular flexibility index (Phi) is 4.75. The number of halogens is 3. The second-order valence-electron chi connectivity index (χ2n) is 4.18. The normalized spacial score (nSPS) is 12.4. The van der Waals surface area contributed by atoms with E-state index in [0.29, 0.717) is 16.5 Å². The molecular formula is C14H13Cl2FN2. The zero-order valence-electron chi connectivity index (χ0n) is 10.3. The number of hydrogen-bond donors (Lipinski definition) is 1. The highest BCUT2D eigenvalue weighted by atomic mass is 35.5. The van der Waals surface area contributed by atoms with Crippen molar-refractivity contribution in [3.63, 3.8) is 0 Å². The maximum atomic E-state index is 13.0. The van der Waals surface area contributed by atoms with E-state index in [-0.39, 0.29) is 11.9 Å². The Morgan fingerprint density at radius 3 is 2.68 bits per heavy atom. The Morgan fingerprint density at radius 1 is 1.26 bits per heavy atom. The van der Waals surface area contributed by atoms with Gasteiger partial charge in [0.15, 0.2) is 0 Å². The number of likely N-dealkylation sites (N-methyl/N-ethyl adjacent to an activating group) is 1. The highest BCUT2D eigenvalue weighted by Gasteiger charge is 2.15. The zero-order valence-corrected chi connectivity index (χ0v) is 11.8. The third kappa shape index (κ3) is 3.44. The average molecular weight is 299 g/mol. The molecule has 0 amide bonds. The van der Waals surface area contributed by atoms with Crippen molar-refractivity contribution in [3.8, 4) is 0 Å². The summed E-state index contributed by atoms with van der Waals surface area (Å²) in [5, 5.41) is 4.20. The summed E-state index contributed by atoms with van der Waals surface area (Å²) in [7, 11) is 1.85. The van der Waals surface area contributed by atoms with Gasteiger partial charge in [-0.1, -0.05) is 29.3 Å². The fraction of sp³-hybridized carbons (Fsp3) is 0.214. The van der Waals surface area contributed by atoms with Crippen LogP contribution in [0.2, 0.25) is 10.0 Å². The number of nitrogens with zero attached hydrogens (tertiary/aromatic N) is 1. The van der Waals surface area contributed by atoms with E-state index in [9.17, 15) is 4.39 Å². The van der Waals surface area contributed by atoms with Gasteiger partial charge in [-0.3, -0.25) is 4.98 Å². The first-order valence-electron chi connectivity index (χ1n) is 5.82. The molecule has 0 saturated heterocycles. The van der Waals surface area contributed by atoms with Crippen molar-refractivity contribution in [1.29, 1.82) is 0 Å². The van der Waals surface area contributed by atoms with E-state index in [2.05, 4.69) is 10.3 Å². The molecule has 1 N–H and O–H groups in total. The van der Waals surface area contributed by atoms with E-state index in [1.54, 1.807) is 18.5 Å². The summed E-state index contributed by atoms with van der Waals surface area (Å²) in [6.45, 7) is 0. The standard InChI is InChI=1S/C14H13Cl2FN2/c1-18-14(11-4-5-19-8-13(11)16)6-9-2-3-10(17)7-12(9)15/h2-5,7-8,14,18H,6H2,1H3. The minimum atomic E-state index is -0.336. The van der Waals surface area contributed by atoms with E-state index in [4.69, 9.17) is 23.2 Å². The maximum Gasteiger partial charge on any atom is 0.124 e. The van der Waals surface area contributed by atoms with E-state index in [0.717, 1.165) is 11.1 Å². The van der Waals surface area contributed by atoms with Gasteiger partial charge in [0, 0.05) is 23.5 Å². The van der Waals surface area contributed by atoms with Crippen molar-refractivity contribution in [2.45, 2.75) is 12.5 Å². The minimum Gasteiger partial charge on any atom is -0.313 e. The summed E-state index contributed by atoms with van der Waals surface area (Å²) in [4.78, 5) is 3.96. The molecule has 1 aromatic carbocycles. The van der Waals surface area contributed by atoms with E-state index >= 15 is 0 Å². The van der Waals surface area contributed by atoms with Crippen LogP contribution in [0.15, 0.2) is 36.7 Å². The van der Waals surface area contributed by atoms with Gasteiger partial charge in [0.2, 0.25) is 0 Å². The van der Waals surface area contributed by atoms with Crippen molar-refractivity contribution >= 4 is 23.2 Å². The summed E-state index contributed by atoms with van der Waals surface area (Å²) in [5.74, 6) is -0.336. The quantitative estimate of drug-likeness (QED) is 0.922. The summed E-state index contributed by atoms with van der Waals surface area (Å²) < 4.78 is 13.0. The predicted molar refractivity (Wildman–Crippen MR) is 76.2 cm³/mol. The molecule has 0 bridgehead atoms. The molecule has 0 aliphatic rings. The van der Waals surface area contributed by atoms with Crippen molar-refractivity contribution < 1.29 is 4.39 Å². The van der Waals surface area contributed by atoms with E-state index < -0.39 is 0 Å². The number of rotatable bonds is 4. The molecule has 1 aromatic heterocycles. The highest BCUT2D eigenvalue weighted by Crippen LogP contribution is 2.27. The Labute approximate surface area is 121 Å². The SMILES string of the molecule is CNC(Cc1ccc(F)cc1Cl)c1ccncc1Cl. The topological polar surface area (TPSA) is 24.9 Å². The molecule has 0 fully saturated rings. The summed E-state index contributed by atoms with van der Waals surface area (Å²) >= 11 is 12.2. The van der Waals surface area contributed by atoms with E-state index in [1.807, 2.05) is 13.1 Å². The smallest absolute Gasteiger partial charge is 0.124 e. The van der Waals surface area contributed by atoms with Crippen LogP contribution in [0.1, 0.15) is 17.2 Å². The number of benzene rings is 1. The molecule has 1 atom stereocenters. The molecule has 5 heteroatoms. The monoisotopic (exact) mass is 298 g/mol. The van der Waals surface area contributed by atoms with E-state index in [1.165, 1.54) is 12.1 Å². The van der Waals surface area contributed by atoms with Crippen LogP contribution >= 0.6 is 23.2 Å². The van der Waals surface area contributed by atoms with Gasteiger partial charge in [-0.2, -0.15) is 0 Å². The van der Waals surface area contributed by atoms with Crippen LogP contribution in [0, 0.1) is 5.82 Å².